The number of para-hydroxylation sites is 1. The van der Waals surface area contributed by atoms with Crippen molar-refractivity contribution in [2.45, 2.75) is 77.6 Å². The highest BCUT2D eigenvalue weighted by atomic mass is 14.8. The number of aromatic nitrogens is 2. The molecule has 0 bridgehead atoms. The van der Waals surface area contributed by atoms with Crippen LogP contribution in [0.25, 0.3) is 11.0 Å². The standard InChI is InChI=1S/C20H30N2/c1-2-3-4-5-6-7-8-9-10-11-13-18-14-12-15-19-20(18)22-17-16-21-19/h12,14-17H,2-11,13H2,1H3. The molecule has 1 aromatic heterocycles. The Balaban J connectivity index is 1.59. The molecule has 0 aliphatic carbocycles. The van der Waals surface area contributed by atoms with E-state index in [2.05, 4.69) is 29.0 Å². The molecule has 0 fully saturated rings. The van der Waals surface area contributed by atoms with Crippen molar-refractivity contribution >= 4 is 11.0 Å². The van der Waals surface area contributed by atoms with E-state index in [-0.39, 0.29) is 0 Å². The van der Waals surface area contributed by atoms with Crippen LogP contribution >= 0.6 is 0 Å². The predicted octanol–water partition coefficient (Wildman–Crippen LogP) is 6.09. The van der Waals surface area contributed by atoms with Crippen molar-refractivity contribution in [3.05, 3.63) is 36.2 Å². The van der Waals surface area contributed by atoms with E-state index in [9.17, 15) is 0 Å². The minimum Gasteiger partial charge on any atom is -0.253 e. The Labute approximate surface area is 135 Å². The predicted molar refractivity (Wildman–Crippen MR) is 95.1 cm³/mol. The molecule has 0 aliphatic rings. The second-order valence-electron chi connectivity index (χ2n) is 6.27. The SMILES string of the molecule is CCCCCCCCCCCCc1cccc2nccnc12. The topological polar surface area (TPSA) is 25.8 Å². The highest BCUT2D eigenvalue weighted by molar-refractivity contribution is 5.77. The van der Waals surface area contributed by atoms with Crippen LogP contribution in [0.15, 0.2) is 30.6 Å². The van der Waals surface area contributed by atoms with E-state index in [1.807, 2.05) is 6.07 Å². The number of hydrogen-bond donors (Lipinski definition) is 0. The third kappa shape index (κ3) is 5.75. The van der Waals surface area contributed by atoms with Crippen LogP contribution in [-0.4, -0.2) is 9.97 Å². The Morgan fingerprint density at radius 2 is 1.36 bits per heavy atom. The molecular weight excluding hydrogens is 268 g/mol. The Morgan fingerprint density at radius 1 is 0.727 bits per heavy atom. The number of hydrogen-bond acceptors (Lipinski definition) is 2. The molecule has 1 aromatic carbocycles. The van der Waals surface area contributed by atoms with Crippen LogP contribution in [0.2, 0.25) is 0 Å². The molecule has 0 amide bonds. The van der Waals surface area contributed by atoms with Gasteiger partial charge in [0.1, 0.15) is 0 Å². The van der Waals surface area contributed by atoms with Crippen LogP contribution in [0.3, 0.4) is 0 Å². The molecular formula is C20H30N2. The van der Waals surface area contributed by atoms with Gasteiger partial charge in [-0.1, -0.05) is 76.8 Å². The second kappa shape index (κ2) is 10.3. The zero-order chi connectivity index (χ0) is 15.5. The smallest absolute Gasteiger partial charge is 0.0918 e. The fourth-order valence-electron chi connectivity index (χ4n) is 3.06. The third-order valence-corrected chi connectivity index (χ3v) is 4.38. The second-order valence-corrected chi connectivity index (χ2v) is 6.27. The van der Waals surface area contributed by atoms with E-state index in [1.165, 1.54) is 69.8 Å². The first-order valence-electron chi connectivity index (χ1n) is 9.10. The van der Waals surface area contributed by atoms with Gasteiger partial charge in [-0.25, -0.2) is 0 Å². The lowest BCUT2D eigenvalue weighted by atomic mass is 10.0. The van der Waals surface area contributed by atoms with Crippen molar-refractivity contribution in [1.82, 2.24) is 9.97 Å². The maximum Gasteiger partial charge on any atom is 0.0918 e. The van der Waals surface area contributed by atoms with Crippen molar-refractivity contribution in [3.8, 4) is 0 Å². The van der Waals surface area contributed by atoms with E-state index < -0.39 is 0 Å². The molecule has 2 aromatic rings. The maximum atomic E-state index is 4.48. The van der Waals surface area contributed by atoms with Crippen molar-refractivity contribution in [2.24, 2.45) is 0 Å². The number of nitrogens with zero attached hydrogens (tertiary/aromatic N) is 2. The van der Waals surface area contributed by atoms with Gasteiger partial charge >= 0.3 is 0 Å². The number of benzene rings is 1. The summed E-state index contributed by atoms with van der Waals surface area (Å²) in [4.78, 5) is 8.86. The molecule has 0 saturated heterocycles. The van der Waals surface area contributed by atoms with Gasteiger partial charge in [-0.05, 0) is 24.5 Å². The minimum absolute atomic E-state index is 1.02. The number of unbranched alkanes of at least 4 members (excludes halogenated alkanes) is 9. The fraction of sp³-hybridized carbons (Fsp3) is 0.600. The van der Waals surface area contributed by atoms with Crippen LogP contribution in [0, 0.1) is 0 Å². The van der Waals surface area contributed by atoms with E-state index in [4.69, 9.17) is 0 Å². The zero-order valence-corrected chi connectivity index (χ0v) is 14.1. The first-order valence-corrected chi connectivity index (χ1v) is 9.10. The highest BCUT2D eigenvalue weighted by Gasteiger charge is 2.02. The van der Waals surface area contributed by atoms with E-state index >= 15 is 0 Å². The largest absolute Gasteiger partial charge is 0.253 e. The van der Waals surface area contributed by atoms with Crippen LogP contribution in [0.4, 0.5) is 0 Å². The van der Waals surface area contributed by atoms with E-state index in [0.29, 0.717) is 0 Å². The van der Waals surface area contributed by atoms with Crippen LogP contribution in [0.5, 0.6) is 0 Å². The lowest BCUT2D eigenvalue weighted by Gasteiger charge is -2.05. The van der Waals surface area contributed by atoms with Crippen molar-refractivity contribution < 1.29 is 0 Å². The van der Waals surface area contributed by atoms with Gasteiger partial charge in [0, 0.05) is 12.4 Å². The van der Waals surface area contributed by atoms with Crippen molar-refractivity contribution in [1.29, 1.82) is 0 Å². The van der Waals surface area contributed by atoms with Crippen molar-refractivity contribution in [2.75, 3.05) is 0 Å². The van der Waals surface area contributed by atoms with Crippen molar-refractivity contribution in [3.63, 3.8) is 0 Å². The third-order valence-electron chi connectivity index (χ3n) is 4.38. The normalized spacial score (nSPS) is 11.1. The molecule has 1 heterocycles. The van der Waals surface area contributed by atoms with Gasteiger partial charge < -0.3 is 0 Å². The Kier molecular flexibility index (Phi) is 7.93. The molecule has 0 spiro atoms. The van der Waals surface area contributed by atoms with E-state index in [1.54, 1.807) is 12.4 Å². The first-order chi connectivity index (χ1) is 10.9. The monoisotopic (exact) mass is 298 g/mol. The van der Waals surface area contributed by atoms with Gasteiger partial charge in [-0.3, -0.25) is 9.97 Å². The molecule has 0 unspecified atom stereocenters. The summed E-state index contributed by atoms with van der Waals surface area (Å²) in [5.41, 5.74) is 3.46. The first kappa shape index (κ1) is 16.9. The molecule has 0 saturated carbocycles. The molecule has 22 heavy (non-hydrogen) atoms. The summed E-state index contributed by atoms with van der Waals surface area (Å²) in [6.07, 6.45) is 18.6. The van der Waals surface area contributed by atoms with Gasteiger partial charge in [0.05, 0.1) is 11.0 Å². The summed E-state index contributed by atoms with van der Waals surface area (Å²) in [5.74, 6) is 0. The lowest BCUT2D eigenvalue weighted by molar-refractivity contribution is 0.556. The summed E-state index contributed by atoms with van der Waals surface area (Å²) in [5, 5.41) is 0. The lowest BCUT2D eigenvalue weighted by Crippen LogP contribution is -1.91. The van der Waals surface area contributed by atoms with Gasteiger partial charge in [-0.2, -0.15) is 0 Å². The van der Waals surface area contributed by atoms with Crippen LogP contribution in [0.1, 0.15) is 76.7 Å². The van der Waals surface area contributed by atoms with Gasteiger partial charge in [0.25, 0.3) is 0 Å². The van der Waals surface area contributed by atoms with Gasteiger partial charge in [0.15, 0.2) is 0 Å². The summed E-state index contributed by atoms with van der Waals surface area (Å²) in [6, 6.07) is 6.35. The maximum absolute atomic E-state index is 4.48. The summed E-state index contributed by atoms with van der Waals surface area (Å²) in [6.45, 7) is 2.28. The average Bonchev–Trinajstić information content (AvgIpc) is 2.56. The summed E-state index contributed by atoms with van der Waals surface area (Å²) < 4.78 is 0. The molecule has 120 valence electrons. The zero-order valence-electron chi connectivity index (χ0n) is 14.1. The van der Waals surface area contributed by atoms with E-state index in [0.717, 1.165) is 17.5 Å². The number of fused-ring (bicyclic) bond motifs is 1. The quantitative estimate of drug-likeness (QED) is 0.469. The average molecular weight is 298 g/mol. The summed E-state index contributed by atoms with van der Waals surface area (Å²) in [7, 11) is 0. The summed E-state index contributed by atoms with van der Waals surface area (Å²) >= 11 is 0. The molecule has 2 heteroatoms. The highest BCUT2D eigenvalue weighted by Crippen LogP contribution is 2.17. The van der Waals surface area contributed by atoms with Crippen LogP contribution in [-0.2, 0) is 6.42 Å². The molecule has 2 nitrogen and oxygen atoms in total. The number of rotatable bonds is 11. The molecule has 0 radical (unpaired) electrons. The Hall–Kier alpha value is -1.44. The molecule has 0 atom stereocenters. The Morgan fingerprint density at radius 3 is 2.09 bits per heavy atom. The van der Waals surface area contributed by atoms with Crippen LogP contribution < -0.4 is 0 Å². The molecule has 2 rings (SSSR count). The Bertz CT molecular complexity index is 531. The molecule has 0 aliphatic heterocycles. The number of aryl methyl sites for hydroxylation is 1. The minimum atomic E-state index is 1.02. The fourth-order valence-corrected chi connectivity index (χ4v) is 3.06. The van der Waals surface area contributed by atoms with Gasteiger partial charge in [0.2, 0.25) is 0 Å². The molecule has 0 N–H and O–H groups in total. The van der Waals surface area contributed by atoms with Gasteiger partial charge in [-0.15, -0.1) is 0 Å².